The smallest absolute Gasteiger partial charge is 0.315 e. The van der Waals surface area contributed by atoms with Gasteiger partial charge in [-0.2, -0.15) is 0 Å². The van der Waals surface area contributed by atoms with Crippen LogP contribution in [0.25, 0.3) is 11.1 Å². The molecule has 0 bridgehead atoms. The van der Waals surface area contributed by atoms with E-state index in [9.17, 15) is 4.79 Å². The monoisotopic (exact) mass is 363 g/mol. The number of hydrogen-bond acceptors (Lipinski definition) is 3. The number of aryl methyl sites for hydroxylation is 1. The van der Waals surface area contributed by atoms with E-state index in [2.05, 4.69) is 57.2 Å². The van der Waals surface area contributed by atoms with Crippen molar-refractivity contribution < 1.29 is 4.79 Å². The first-order valence-electron chi connectivity index (χ1n) is 9.21. The summed E-state index contributed by atoms with van der Waals surface area (Å²) in [7, 11) is 0. The Hall–Kier alpha value is -3.15. The zero-order valence-corrected chi connectivity index (χ0v) is 15.7. The molecular weight excluding hydrogens is 338 g/mol. The number of carbonyl (C=O) groups excluding carboxylic acids is 1. The summed E-state index contributed by atoms with van der Waals surface area (Å²) in [5, 5.41) is 13.7. The van der Waals surface area contributed by atoms with Gasteiger partial charge >= 0.3 is 6.03 Å². The molecule has 0 spiro atoms. The van der Waals surface area contributed by atoms with Gasteiger partial charge in [-0.1, -0.05) is 54.6 Å². The van der Waals surface area contributed by atoms with Gasteiger partial charge in [-0.3, -0.25) is 0 Å². The Balaban J connectivity index is 1.48. The van der Waals surface area contributed by atoms with Gasteiger partial charge in [0.05, 0.1) is 6.54 Å². The summed E-state index contributed by atoms with van der Waals surface area (Å²) in [6, 6.07) is 18.6. The molecule has 6 nitrogen and oxygen atoms in total. The fourth-order valence-corrected chi connectivity index (χ4v) is 2.98. The molecule has 140 valence electrons. The Morgan fingerprint density at radius 3 is 2.48 bits per heavy atom. The van der Waals surface area contributed by atoms with E-state index in [4.69, 9.17) is 0 Å². The Morgan fingerprint density at radius 1 is 1.07 bits per heavy atom. The lowest BCUT2D eigenvalue weighted by molar-refractivity contribution is 0.237. The molecule has 1 atom stereocenters. The van der Waals surface area contributed by atoms with Crippen molar-refractivity contribution in [3.63, 3.8) is 0 Å². The molecule has 0 radical (unpaired) electrons. The van der Waals surface area contributed by atoms with Gasteiger partial charge in [-0.25, -0.2) is 4.79 Å². The van der Waals surface area contributed by atoms with Crippen molar-refractivity contribution in [3.8, 4) is 11.1 Å². The van der Waals surface area contributed by atoms with E-state index in [0.717, 1.165) is 18.8 Å². The van der Waals surface area contributed by atoms with Crippen molar-refractivity contribution in [2.75, 3.05) is 0 Å². The predicted octanol–water partition coefficient (Wildman–Crippen LogP) is 3.40. The fraction of sp³-hybridized carbons (Fsp3) is 0.286. The van der Waals surface area contributed by atoms with Gasteiger partial charge in [-0.05, 0) is 37.0 Å². The third kappa shape index (κ3) is 5.17. The number of nitrogens with zero attached hydrogens (tertiary/aromatic N) is 3. The predicted molar refractivity (Wildman–Crippen MR) is 106 cm³/mol. The second-order valence-electron chi connectivity index (χ2n) is 6.53. The zero-order chi connectivity index (χ0) is 19.1. The molecule has 27 heavy (non-hydrogen) atoms. The van der Waals surface area contributed by atoms with Crippen molar-refractivity contribution in [2.24, 2.45) is 0 Å². The Labute approximate surface area is 159 Å². The topological polar surface area (TPSA) is 71.8 Å². The Kier molecular flexibility index (Phi) is 6.20. The Morgan fingerprint density at radius 2 is 1.78 bits per heavy atom. The van der Waals surface area contributed by atoms with Crippen molar-refractivity contribution in [2.45, 2.75) is 39.4 Å². The van der Waals surface area contributed by atoms with Gasteiger partial charge in [0, 0.05) is 12.6 Å². The van der Waals surface area contributed by atoms with Gasteiger partial charge in [0.1, 0.15) is 6.33 Å². The summed E-state index contributed by atoms with van der Waals surface area (Å²) in [4.78, 5) is 12.1. The molecule has 2 aromatic carbocycles. The summed E-state index contributed by atoms with van der Waals surface area (Å²) in [6.45, 7) is 5.15. The highest BCUT2D eigenvalue weighted by atomic mass is 16.2. The SMILES string of the molecule is CCn1cnnc1CNC(=O)N[C@@H](C)Cc1ccc(-c2ccccc2)cc1. The number of hydrogen-bond donors (Lipinski definition) is 2. The molecule has 0 aliphatic heterocycles. The number of rotatable bonds is 7. The molecule has 0 aliphatic carbocycles. The molecule has 2 amide bonds. The lowest BCUT2D eigenvalue weighted by Gasteiger charge is -2.15. The third-order valence-electron chi connectivity index (χ3n) is 4.42. The maximum atomic E-state index is 12.1. The van der Waals surface area contributed by atoms with Crippen LogP contribution in [0.1, 0.15) is 25.2 Å². The van der Waals surface area contributed by atoms with Crippen molar-refractivity contribution in [3.05, 3.63) is 72.3 Å². The summed E-state index contributed by atoms with van der Waals surface area (Å²) < 4.78 is 1.90. The molecule has 0 saturated carbocycles. The fourth-order valence-electron chi connectivity index (χ4n) is 2.98. The van der Waals surface area contributed by atoms with E-state index in [0.29, 0.717) is 6.54 Å². The molecule has 1 aromatic heterocycles. The second kappa shape index (κ2) is 8.98. The number of amides is 2. The van der Waals surface area contributed by atoms with E-state index >= 15 is 0 Å². The van der Waals surface area contributed by atoms with Crippen LogP contribution in [0.5, 0.6) is 0 Å². The highest BCUT2D eigenvalue weighted by molar-refractivity contribution is 5.74. The minimum atomic E-state index is -0.200. The number of carbonyl (C=O) groups is 1. The van der Waals surface area contributed by atoms with Crippen LogP contribution < -0.4 is 10.6 Å². The minimum Gasteiger partial charge on any atom is -0.335 e. The first-order valence-corrected chi connectivity index (χ1v) is 9.21. The van der Waals surface area contributed by atoms with Crippen LogP contribution in [0.3, 0.4) is 0 Å². The quantitative estimate of drug-likeness (QED) is 0.676. The van der Waals surface area contributed by atoms with Gasteiger partial charge < -0.3 is 15.2 Å². The summed E-state index contributed by atoms with van der Waals surface area (Å²) in [5.74, 6) is 0.747. The summed E-state index contributed by atoms with van der Waals surface area (Å²) in [5.41, 5.74) is 3.58. The molecule has 1 heterocycles. The molecule has 2 N–H and O–H groups in total. The Bertz CT molecular complexity index is 858. The molecule has 0 aliphatic rings. The highest BCUT2D eigenvalue weighted by Crippen LogP contribution is 2.19. The molecular formula is C21H25N5O. The van der Waals surface area contributed by atoms with E-state index in [1.54, 1.807) is 6.33 Å². The largest absolute Gasteiger partial charge is 0.335 e. The van der Waals surface area contributed by atoms with E-state index in [-0.39, 0.29) is 12.1 Å². The minimum absolute atomic E-state index is 0.0246. The molecule has 0 saturated heterocycles. The standard InChI is InChI=1S/C21H25N5O/c1-3-26-15-23-25-20(26)14-22-21(27)24-16(2)13-17-9-11-19(12-10-17)18-7-5-4-6-8-18/h4-12,15-16H,3,13-14H2,1-2H3,(H2,22,24,27)/t16-/m0/s1. The first-order chi connectivity index (χ1) is 13.2. The van der Waals surface area contributed by atoms with Gasteiger partial charge in [0.15, 0.2) is 5.82 Å². The molecule has 6 heteroatoms. The molecule has 3 rings (SSSR count). The molecule has 0 unspecified atom stereocenters. The van der Waals surface area contributed by atoms with Crippen LogP contribution in [0, 0.1) is 0 Å². The number of benzene rings is 2. The van der Waals surface area contributed by atoms with Crippen LogP contribution in [0.4, 0.5) is 4.79 Å². The van der Waals surface area contributed by atoms with Gasteiger partial charge in [-0.15, -0.1) is 10.2 Å². The highest BCUT2D eigenvalue weighted by Gasteiger charge is 2.10. The third-order valence-corrected chi connectivity index (χ3v) is 4.42. The van der Waals surface area contributed by atoms with Crippen LogP contribution in [-0.4, -0.2) is 26.8 Å². The van der Waals surface area contributed by atoms with Crippen LogP contribution in [-0.2, 0) is 19.5 Å². The van der Waals surface area contributed by atoms with Gasteiger partial charge in [0.25, 0.3) is 0 Å². The summed E-state index contributed by atoms with van der Waals surface area (Å²) >= 11 is 0. The number of nitrogens with one attached hydrogen (secondary N) is 2. The van der Waals surface area contributed by atoms with E-state index in [1.807, 2.05) is 36.6 Å². The maximum Gasteiger partial charge on any atom is 0.315 e. The molecule has 3 aromatic rings. The average Bonchev–Trinajstić information content (AvgIpc) is 3.15. The van der Waals surface area contributed by atoms with Gasteiger partial charge in [0.2, 0.25) is 0 Å². The maximum absolute atomic E-state index is 12.1. The van der Waals surface area contributed by atoms with E-state index < -0.39 is 0 Å². The van der Waals surface area contributed by atoms with Crippen LogP contribution >= 0.6 is 0 Å². The lowest BCUT2D eigenvalue weighted by atomic mass is 10.0. The summed E-state index contributed by atoms with van der Waals surface area (Å²) in [6.07, 6.45) is 2.43. The van der Waals surface area contributed by atoms with Crippen LogP contribution in [0.15, 0.2) is 60.9 Å². The lowest BCUT2D eigenvalue weighted by Crippen LogP contribution is -2.41. The van der Waals surface area contributed by atoms with Crippen molar-refractivity contribution >= 4 is 6.03 Å². The van der Waals surface area contributed by atoms with E-state index in [1.165, 1.54) is 16.7 Å². The normalized spacial score (nSPS) is 11.8. The zero-order valence-electron chi connectivity index (χ0n) is 15.7. The van der Waals surface area contributed by atoms with Crippen LogP contribution in [0.2, 0.25) is 0 Å². The first kappa shape index (κ1) is 18.6. The average molecular weight is 363 g/mol. The van der Waals surface area contributed by atoms with Crippen molar-refractivity contribution in [1.29, 1.82) is 0 Å². The number of urea groups is 1. The second-order valence-corrected chi connectivity index (χ2v) is 6.53. The number of aromatic nitrogens is 3. The molecule has 0 fully saturated rings. The van der Waals surface area contributed by atoms with Crippen molar-refractivity contribution in [1.82, 2.24) is 25.4 Å².